The van der Waals surface area contributed by atoms with Crippen LogP contribution in [0.1, 0.15) is 20.8 Å². The Morgan fingerprint density at radius 3 is 2.45 bits per heavy atom. The van der Waals surface area contributed by atoms with E-state index in [0.717, 1.165) is 11.1 Å². The number of rotatable bonds is 3. The number of fused-ring (bicyclic) bond motifs is 1. The number of halogens is 1. The highest BCUT2D eigenvalue weighted by atomic mass is 79.9. The predicted molar refractivity (Wildman–Crippen MR) is 83.8 cm³/mol. The Kier molecular flexibility index (Phi) is 3.42. The fraction of sp³-hybridized carbons (Fsp3) is 0. The molecule has 2 heterocycles. The van der Waals surface area contributed by atoms with Crippen molar-refractivity contribution in [3.63, 3.8) is 0 Å². The number of carboxylic acid groups (broad SMARTS) is 1. The lowest BCUT2D eigenvalue weighted by atomic mass is 10.1. The number of primary amides is 1. The Morgan fingerprint density at radius 2 is 1.86 bits per heavy atom. The minimum absolute atomic E-state index is 0.162. The van der Waals surface area contributed by atoms with Gasteiger partial charge in [-0.15, -0.1) is 0 Å². The highest BCUT2D eigenvalue weighted by Crippen LogP contribution is 2.27. The summed E-state index contributed by atoms with van der Waals surface area (Å²) < 4.78 is 1.77. The van der Waals surface area contributed by atoms with E-state index in [9.17, 15) is 9.59 Å². The largest absolute Gasteiger partial charge is 0.476 e. The molecule has 0 aliphatic carbocycles. The van der Waals surface area contributed by atoms with E-state index in [2.05, 4.69) is 20.9 Å². The number of aromatic nitrogens is 2. The summed E-state index contributed by atoms with van der Waals surface area (Å²) >= 11 is 3.21. The first-order valence-electron chi connectivity index (χ1n) is 6.29. The smallest absolute Gasteiger partial charge is 0.357 e. The molecule has 6 nitrogen and oxygen atoms in total. The van der Waals surface area contributed by atoms with E-state index in [-0.39, 0.29) is 21.5 Å². The maximum atomic E-state index is 11.7. The van der Waals surface area contributed by atoms with E-state index in [4.69, 9.17) is 10.8 Å². The average Bonchev–Trinajstić information content (AvgIpc) is 2.84. The third-order valence-electron chi connectivity index (χ3n) is 3.24. The second kappa shape index (κ2) is 5.27. The average molecular weight is 360 g/mol. The highest BCUT2D eigenvalue weighted by Gasteiger charge is 2.21. The predicted octanol–water partition coefficient (Wildman–Crippen LogP) is 2.56. The van der Waals surface area contributed by atoms with Crippen LogP contribution in [0.4, 0.5) is 0 Å². The van der Waals surface area contributed by atoms with Crippen LogP contribution < -0.4 is 5.73 Å². The molecule has 3 rings (SSSR count). The molecule has 0 aliphatic rings. The second-order valence-electron chi connectivity index (χ2n) is 4.62. The Bertz CT molecular complexity index is 903. The van der Waals surface area contributed by atoms with Crippen LogP contribution in [0.3, 0.4) is 0 Å². The summed E-state index contributed by atoms with van der Waals surface area (Å²) in [6.07, 6.45) is 1.71. The van der Waals surface area contributed by atoms with Crippen LogP contribution in [0, 0.1) is 0 Å². The van der Waals surface area contributed by atoms with Gasteiger partial charge in [0.1, 0.15) is 4.60 Å². The molecule has 0 aliphatic heterocycles. The number of hydrogen-bond donors (Lipinski definition) is 2. The van der Waals surface area contributed by atoms with Crippen molar-refractivity contribution < 1.29 is 14.7 Å². The maximum Gasteiger partial charge on any atom is 0.357 e. The van der Waals surface area contributed by atoms with Crippen molar-refractivity contribution in [2.45, 2.75) is 0 Å². The van der Waals surface area contributed by atoms with E-state index < -0.39 is 11.9 Å². The van der Waals surface area contributed by atoms with Gasteiger partial charge in [0.05, 0.1) is 5.56 Å². The molecular weight excluding hydrogens is 350 g/mol. The molecule has 0 spiro atoms. The number of carboxylic acids is 1. The summed E-state index contributed by atoms with van der Waals surface area (Å²) in [6, 6.07) is 11.0. The number of carbonyl (C=O) groups excluding carboxylic acids is 1. The Balaban J connectivity index is 2.36. The SMILES string of the molecule is NC(=O)c1cc(-c2ccccc2)cn2c(Br)c(C(=O)O)nc12. The molecule has 1 aromatic carbocycles. The minimum atomic E-state index is -1.19. The number of imidazole rings is 1. The summed E-state index contributed by atoms with van der Waals surface area (Å²) in [5, 5.41) is 9.16. The first-order valence-corrected chi connectivity index (χ1v) is 7.08. The molecule has 0 unspecified atom stereocenters. The van der Waals surface area contributed by atoms with Crippen LogP contribution in [-0.2, 0) is 0 Å². The van der Waals surface area contributed by atoms with Crippen LogP contribution in [0.5, 0.6) is 0 Å². The molecule has 7 heteroatoms. The third kappa shape index (κ3) is 2.25. The van der Waals surface area contributed by atoms with Gasteiger partial charge in [-0.2, -0.15) is 0 Å². The lowest BCUT2D eigenvalue weighted by molar-refractivity contribution is 0.0689. The zero-order valence-corrected chi connectivity index (χ0v) is 12.7. The van der Waals surface area contributed by atoms with Crippen molar-refractivity contribution in [2.24, 2.45) is 5.73 Å². The fourth-order valence-corrected chi connectivity index (χ4v) is 2.75. The minimum Gasteiger partial charge on any atom is -0.476 e. The topological polar surface area (TPSA) is 97.7 Å². The van der Waals surface area contributed by atoms with E-state index in [1.165, 1.54) is 4.40 Å². The molecule has 0 atom stereocenters. The molecular formula is C15H10BrN3O3. The number of aromatic carboxylic acids is 1. The van der Waals surface area contributed by atoms with Crippen molar-refractivity contribution >= 4 is 33.5 Å². The second-order valence-corrected chi connectivity index (χ2v) is 5.37. The molecule has 0 fully saturated rings. The summed E-state index contributed by atoms with van der Waals surface area (Å²) in [4.78, 5) is 26.9. The third-order valence-corrected chi connectivity index (χ3v) is 3.99. The quantitative estimate of drug-likeness (QED) is 0.750. The molecule has 0 saturated heterocycles. The normalized spacial score (nSPS) is 10.8. The number of nitrogens with zero attached hydrogens (tertiary/aromatic N) is 2. The molecule has 110 valence electrons. The Hall–Kier alpha value is -2.67. The van der Waals surface area contributed by atoms with E-state index >= 15 is 0 Å². The van der Waals surface area contributed by atoms with Gasteiger partial charge in [0.25, 0.3) is 5.91 Å². The first-order chi connectivity index (χ1) is 10.5. The van der Waals surface area contributed by atoms with Gasteiger partial charge >= 0.3 is 5.97 Å². The summed E-state index contributed by atoms with van der Waals surface area (Å²) in [7, 11) is 0. The lowest BCUT2D eigenvalue weighted by Gasteiger charge is -2.07. The van der Waals surface area contributed by atoms with E-state index in [0.29, 0.717) is 0 Å². The summed E-state index contributed by atoms with van der Waals surface area (Å²) in [6.45, 7) is 0. The van der Waals surface area contributed by atoms with Crippen molar-refractivity contribution in [3.8, 4) is 11.1 Å². The summed E-state index contributed by atoms with van der Waals surface area (Å²) in [5.74, 6) is -1.86. The number of amides is 1. The molecule has 0 radical (unpaired) electrons. The maximum absolute atomic E-state index is 11.7. The fourth-order valence-electron chi connectivity index (χ4n) is 2.22. The van der Waals surface area contributed by atoms with Gasteiger partial charge in [-0.05, 0) is 33.1 Å². The van der Waals surface area contributed by atoms with Gasteiger partial charge < -0.3 is 10.8 Å². The first kappa shape index (κ1) is 14.3. The van der Waals surface area contributed by atoms with Crippen LogP contribution in [-0.4, -0.2) is 26.4 Å². The van der Waals surface area contributed by atoms with Gasteiger partial charge in [-0.1, -0.05) is 30.3 Å². The Morgan fingerprint density at radius 1 is 1.18 bits per heavy atom. The van der Waals surface area contributed by atoms with Crippen molar-refractivity contribution in [1.29, 1.82) is 0 Å². The van der Waals surface area contributed by atoms with Crippen molar-refractivity contribution in [3.05, 3.63) is 58.5 Å². The number of carbonyl (C=O) groups is 2. The number of pyridine rings is 1. The van der Waals surface area contributed by atoms with Crippen LogP contribution >= 0.6 is 15.9 Å². The molecule has 0 bridgehead atoms. The van der Waals surface area contributed by atoms with Gasteiger partial charge in [-0.25, -0.2) is 9.78 Å². The lowest BCUT2D eigenvalue weighted by Crippen LogP contribution is -2.13. The zero-order valence-electron chi connectivity index (χ0n) is 11.2. The monoisotopic (exact) mass is 359 g/mol. The van der Waals surface area contributed by atoms with Gasteiger partial charge in [0.2, 0.25) is 0 Å². The summed E-state index contributed by atoms with van der Waals surface area (Å²) in [5.41, 5.74) is 7.21. The van der Waals surface area contributed by atoms with Gasteiger partial charge in [0, 0.05) is 6.20 Å². The van der Waals surface area contributed by atoms with Gasteiger partial charge in [0.15, 0.2) is 11.3 Å². The molecule has 0 saturated carbocycles. The molecule has 22 heavy (non-hydrogen) atoms. The van der Waals surface area contributed by atoms with Crippen molar-refractivity contribution in [1.82, 2.24) is 9.38 Å². The van der Waals surface area contributed by atoms with E-state index in [1.54, 1.807) is 12.3 Å². The molecule has 3 N–H and O–H groups in total. The Labute approximate surface area is 133 Å². The highest BCUT2D eigenvalue weighted by molar-refractivity contribution is 9.10. The van der Waals surface area contributed by atoms with E-state index in [1.807, 2.05) is 30.3 Å². The van der Waals surface area contributed by atoms with Crippen LogP contribution in [0.2, 0.25) is 0 Å². The van der Waals surface area contributed by atoms with Gasteiger partial charge in [-0.3, -0.25) is 9.20 Å². The molecule has 2 aromatic heterocycles. The number of nitrogens with two attached hydrogens (primary N) is 1. The number of hydrogen-bond acceptors (Lipinski definition) is 3. The standard InChI is InChI=1S/C15H10BrN3O3/c16-12-11(15(21)22)18-14-10(13(17)20)6-9(7-19(12)14)8-4-2-1-3-5-8/h1-7H,(H2,17,20)(H,21,22). The van der Waals surface area contributed by atoms with Crippen LogP contribution in [0.15, 0.2) is 47.2 Å². The zero-order chi connectivity index (χ0) is 15.9. The molecule has 1 amide bonds. The number of benzene rings is 1. The van der Waals surface area contributed by atoms with Crippen molar-refractivity contribution in [2.75, 3.05) is 0 Å². The molecule has 3 aromatic rings. The van der Waals surface area contributed by atoms with Crippen LogP contribution in [0.25, 0.3) is 16.8 Å².